The van der Waals surface area contributed by atoms with Crippen LogP contribution in [0.5, 0.6) is 0 Å². The lowest BCUT2D eigenvalue weighted by molar-refractivity contribution is -0.225. The largest absolute Gasteiger partial charge is 0.388 e. The van der Waals surface area contributed by atoms with Crippen molar-refractivity contribution in [2.45, 2.75) is 44.2 Å². The topological polar surface area (TPSA) is 74.2 Å². The van der Waals surface area contributed by atoms with Crippen LogP contribution in [0.3, 0.4) is 0 Å². The van der Waals surface area contributed by atoms with E-state index in [0.717, 1.165) is 0 Å². The van der Waals surface area contributed by atoms with Gasteiger partial charge in [-0.3, -0.25) is 4.79 Å². The number of aliphatic hydroxyl groups excluding tert-OH is 1. The molecule has 6 heteroatoms. The number of aliphatic hydroxyl groups is 1. The third kappa shape index (κ3) is 1.87. The lowest BCUT2D eigenvalue weighted by Crippen LogP contribution is -2.37. The molecule has 2 heterocycles. The molecular formula is C10H16O6. The summed E-state index contributed by atoms with van der Waals surface area (Å²) in [5, 5.41) is 8.84. The molecule has 2 saturated heterocycles. The minimum Gasteiger partial charge on any atom is -0.388 e. The summed E-state index contributed by atoms with van der Waals surface area (Å²) >= 11 is 0. The standard InChI is InChI=1S/C10H16O6/c1-10(2)15-7-6(5(12)4-11)14-9(13-3)8(7)16-10/h6-9,11H,4H2,1-3H3/t6-,7+,8+,9+/m1/s1. The lowest BCUT2D eigenvalue weighted by Gasteiger charge is -2.22. The minimum atomic E-state index is -0.818. The maximum atomic E-state index is 11.5. The Labute approximate surface area is 93.4 Å². The second-order valence-corrected chi connectivity index (χ2v) is 4.35. The van der Waals surface area contributed by atoms with E-state index in [4.69, 9.17) is 24.1 Å². The van der Waals surface area contributed by atoms with Crippen LogP contribution in [-0.2, 0) is 23.7 Å². The lowest BCUT2D eigenvalue weighted by atomic mass is 10.1. The molecule has 0 radical (unpaired) electrons. The number of ether oxygens (including phenoxy) is 4. The molecule has 0 amide bonds. The third-order valence-corrected chi connectivity index (χ3v) is 2.72. The van der Waals surface area contributed by atoms with Gasteiger partial charge in [-0.05, 0) is 13.8 Å². The van der Waals surface area contributed by atoms with E-state index in [1.165, 1.54) is 7.11 Å². The van der Waals surface area contributed by atoms with Gasteiger partial charge in [-0.2, -0.15) is 0 Å². The summed E-state index contributed by atoms with van der Waals surface area (Å²) in [4.78, 5) is 11.5. The van der Waals surface area contributed by atoms with Crippen molar-refractivity contribution in [3.8, 4) is 0 Å². The van der Waals surface area contributed by atoms with E-state index in [1.807, 2.05) is 0 Å². The van der Waals surface area contributed by atoms with Crippen LogP contribution >= 0.6 is 0 Å². The maximum absolute atomic E-state index is 11.5. The van der Waals surface area contributed by atoms with Gasteiger partial charge < -0.3 is 24.1 Å². The summed E-state index contributed by atoms with van der Waals surface area (Å²) in [6.07, 6.45) is -2.39. The zero-order valence-electron chi connectivity index (χ0n) is 9.50. The summed E-state index contributed by atoms with van der Waals surface area (Å²) in [7, 11) is 1.47. The van der Waals surface area contributed by atoms with Gasteiger partial charge in [0.05, 0.1) is 0 Å². The highest BCUT2D eigenvalue weighted by Gasteiger charge is 2.57. The average molecular weight is 232 g/mol. The molecule has 92 valence electrons. The number of methoxy groups -OCH3 is 1. The van der Waals surface area contributed by atoms with Crippen LogP contribution < -0.4 is 0 Å². The molecule has 2 rings (SSSR count). The summed E-state index contributed by atoms with van der Waals surface area (Å²) in [6.45, 7) is 2.95. The van der Waals surface area contributed by atoms with Gasteiger partial charge >= 0.3 is 0 Å². The first-order valence-corrected chi connectivity index (χ1v) is 5.16. The van der Waals surface area contributed by atoms with E-state index in [-0.39, 0.29) is 0 Å². The van der Waals surface area contributed by atoms with Gasteiger partial charge in [0.25, 0.3) is 0 Å². The molecule has 2 aliphatic rings. The molecule has 0 aromatic heterocycles. The first kappa shape index (κ1) is 11.9. The van der Waals surface area contributed by atoms with Crippen molar-refractivity contribution >= 4 is 5.78 Å². The fourth-order valence-corrected chi connectivity index (χ4v) is 2.10. The van der Waals surface area contributed by atoms with Gasteiger partial charge in [-0.1, -0.05) is 0 Å². The summed E-state index contributed by atoms with van der Waals surface area (Å²) in [5.41, 5.74) is 0. The molecule has 0 unspecified atom stereocenters. The maximum Gasteiger partial charge on any atom is 0.189 e. The third-order valence-electron chi connectivity index (χ3n) is 2.72. The highest BCUT2D eigenvalue weighted by molar-refractivity contribution is 5.85. The van der Waals surface area contributed by atoms with Crippen molar-refractivity contribution in [1.82, 2.24) is 0 Å². The van der Waals surface area contributed by atoms with E-state index < -0.39 is 42.8 Å². The molecule has 0 aromatic rings. The molecule has 0 saturated carbocycles. The zero-order chi connectivity index (χ0) is 11.9. The highest BCUT2D eigenvalue weighted by Crippen LogP contribution is 2.39. The van der Waals surface area contributed by atoms with E-state index >= 15 is 0 Å². The summed E-state index contributed by atoms with van der Waals surface area (Å²) < 4.78 is 21.6. The molecular weight excluding hydrogens is 216 g/mol. The fraction of sp³-hybridized carbons (Fsp3) is 0.900. The second kappa shape index (κ2) is 4.05. The van der Waals surface area contributed by atoms with Gasteiger partial charge in [0.1, 0.15) is 18.8 Å². The monoisotopic (exact) mass is 232 g/mol. The smallest absolute Gasteiger partial charge is 0.189 e. The molecule has 0 spiro atoms. The molecule has 0 aliphatic carbocycles. The van der Waals surface area contributed by atoms with Crippen molar-refractivity contribution in [1.29, 1.82) is 0 Å². The molecule has 0 bridgehead atoms. The van der Waals surface area contributed by atoms with Crippen LogP contribution in [0, 0.1) is 0 Å². The van der Waals surface area contributed by atoms with Crippen LogP contribution in [-0.4, -0.2) is 55.0 Å². The Kier molecular flexibility index (Phi) is 3.02. The van der Waals surface area contributed by atoms with Gasteiger partial charge in [0.15, 0.2) is 24.0 Å². The van der Waals surface area contributed by atoms with Crippen molar-refractivity contribution in [2.75, 3.05) is 13.7 Å². The van der Waals surface area contributed by atoms with Gasteiger partial charge in [0.2, 0.25) is 0 Å². The summed E-state index contributed by atoms with van der Waals surface area (Å²) in [6, 6.07) is 0. The number of hydrogen-bond donors (Lipinski definition) is 1. The Morgan fingerprint density at radius 1 is 1.38 bits per heavy atom. The number of carbonyl (C=O) groups excluding carboxylic acids is 1. The van der Waals surface area contributed by atoms with Crippen LogP contribution in [0.1, 0.15) is 13.8 Å². The van der Waals surface area contributed by atoms with E-state index in [1.54, 1.807) is 13.8 Å². The first-order valence-electron chi connectivity index (χ1n) is 5.16. The van der Waals surface area contributed by atoms with Gasteiger partial charge in [-0.25, -0.2) is 0 Å². The molecule has 1 N–H and O–H groups in total. The SMILES string of the molecule is CO[C@H]1O[C@H](C(=O)CO)[C@@H]2OC(C)(C)O[C@H]12. The van der Waals surface area contributed by atoms with E-state index in [9.17, 15) is 4.79 Å². The Bertz CT molecular complexity index is 289. The molecule has 0 aromatic carbocycles. The Balaban J connectivity index is 2.17. The average Bonchev–Trinajstić information content (AvgIpc) is 2.69. The first-order chi connectivity index (χ1) is 7.48. The number of ketones is 1. The normalized spacial score (nSPS) is 41.0. The van der Waals surface area contributed by atoms with E-state index in [2.05, 4.69) is 0 Å². The van der Waals surface area contributed by atoms with Crippen molar-refractivity contribution in [3.05, 3.63) is 0 Å². The van der Waals surface area contributed by atoms with E-state index in [0.29, 0.717) is 0 Å². The predicted octanol–water partition coefficient (Wildman–Crippen LogP) is -0.561. The highest BCUT2D eigenvalue weighted by atomic mass is 16.8. The van der Waals surface area contributed by atoms with Crippen molar-refractivity contribution in [2.24, 2.45) is 0 Å². The van der Waals surface area contributed by atoms with Crippen LogP contribution in [0.15, 0.2) is 0 Å². The zero-order valence-corrected chi connectivity index (χ0v) is 9.50. The molecule has 2 aliphatic heterocycles. The number of fused-ring (bicyclic) bond motifs is 1. The summed E-state index contributed by atoms with van der Waals surface area (Å²) in [5.74, 6) is -1.18. The molecule has 4 atom stereocenters. The Morgan fingerprint density at radius 2 is 2.00 bits per heavy atom. The predicted molar refractivity (Wildman–Crippen MR) is 51.6 cm³/mol. The molecule has 6 nitrogen and oxygen atoms in total. The number of rotatable bonds is 3. The Morgan fingerprint density at radius 3 is 2.56 bits per heavy atom. The second-order valence-electron chi connectivity index (χ2n) is 4.35. The number of carbonyl (C=O) groups is 1. The van der Waals surface area contributed by atoms with Crippen LogP contribution in [0.2, 0.25) is 0 Å². The number of hydrogen-bond acceptors (Lipinski definition) is 6. The quantitative estimate of drug-likeness (QED) is 0.703. The van der Waals surface area contributed by atoms with Crippen molar-refractivity contribution < 1.29 is 28.8 Å². The number of Topliss-reactive ketones (excluding diaryl/α,β-unsaturated/α-hetero) is 1. The Hall–Kier alpha value is -0.530. The molecule has 16 heavy (non-hydrogen) atoms. The van der Waals surface area contributed by atoms with Crippen molar-refractivity contribution in [3.63, 3.8) is 0 Å². The molecule has 2 fully saturated rings. The van der Waals surface area contributed by atoms with Gasteiger partial charge in [-0.15, -0.1) is 0 Å². The van der Waals surface area contributed by atoms with Crippen LogP contribution in [0.4, 0.5) is 0 Å². The van der Waals surface area contributed by atoms with Gasteiger partial charge in [0, 0.05) is 7.11 Å². The fourth-order valence-electron chi connectivity index (χ4n) is 2.10. The van der Waals surface area contributed by atoms with Crippen LogP contribution in [0.25, 0.3) is 0 Å². The minimum absolute atomic E-state index is 0.421.